The van der Waals surface area contributed by atoms with Crippen LogP contribution < -0.4 is 19.7 Å². The largest absolute Gasteiger partial charge is 0.495 e. The second-order valence-electron chi connectivity index (χ2n) is 8.14. The first-order valence-corrected chi connectivity index (χ1v) is 12.5. The molecule has 1 aromatic heterocycles. The summed E-state index contributed by atoms with van der Waals surface area (Å²) in [6.07, 6.45) is 3.58. The van der Waals surface area contributed by atoms with Crippen molar-refractivity contribution in [1.29, 1.82) is 0 Å². The Labute approximate surface area is 204 Å². The van der Waals surface area contributed by atoms with Gasteiger partial charge >= 0.3 is 0 Å². The number of anilines is 2. The number of benzene rings is 2. The number of aromatic nitrogens is 1. The van der Waals surface area contributed by atoms with Crippen LogP contribution in [0.25, 0.3) is 0 Å². The monoisotopic (exact) mass is 494 g/mol. The highest BCUT2D eigenvalue weighted by molar-refractivity contribution is 7.93. The first kappa shape index (κ1) is 24.2. The van der Waals surface area contributed by atoms with Gasteiger partial charge in [-0.05, 0) is 60.9 Å². The van der Waals surface area contributed by atoms with E-state index in [0.717, 1.165) is 9.87 Å². The summed E-state index contributed by atoms with van der Waals surface area (Å²) in [6, 6.07) is 13.8. The first-order valence-electron chi connectivity index (χ1n) is 11.1. The number of hydrogen-bond acceptors (Lipinski definition) is 6. The van der Waals surface area contributed by atoms with Gasteiger partial charge in [-0.25, -0.2) is 8.42 Å². The minimum Gasteiger partial charge on any atom is -0.495 e. The number of nitrogens with zero attached hydrogens (tertiary/aromatic N) is 2. The van der Waals surface area contributed by atoms with Gasteiger partial charge in [-0.3, -0.25) is 18.9 Å². The van der Waals surface area contributed by atoms with Crippen LogP contribution in [0.1, 0.15) is 17.5 Å². The average molecular weight is 495 g/mol. The van der Waals surface area contributed by atoms with Crippen LogP contribution in [0, 0.1) is 6.92 Å². The molecule has 35 heavy (non-hydrogen) atoms. The first-order chi connectivity index (χ1) is 16.8. The Balaban J connectivity index is 1.65. The SMILES string of the molecule is COc1ccc(C)cc1S(=O)(=O)N1c2ccccc2NC(=O)[C@H]1CC(=O)NCCc1ccncc1. The van der Waals surface area contributed by atoms with Crippen molar-refractivity contribution in [2.45, 2.75) is 30.7 Å². The fraction of sp³-hybridized carbons (Fsp3) is 0.240. The Morgan fingerprint density at radius 2 is 1.89 bits per heavy atom. The topological polar surface area (TPSA) is 118 Å². The predicted molar refractivity (Wildman–Crippen MR) is 132 cm³/mol. The minimum absolute atomic E-state index is 0.0763. The number of hydrogen-bond donors (Lipinski definition) is 2. The molecule has 9 nitrogen and oxygen atoms in total. The van der Waals surface area contributed by atoms with Gasteiger partial charge in [0.25, 0.3) is 10.0 Å². The van der Waals surface area contributed by atoms with Crippen molar-refractivity contribution in [3.8, 4) is 5.75 Å². The quantitative estimate of drug-likeness (QED) is 0.497. The molecule has 2 N–H and O–H groups in total. The number of rotatable bonds is 8. The van der Waals surface area contributed by atoms with Crippen molar-refractivity contribution in [1.82, 2.24) is 10.3 Å². The van der Waals surface area contributed by atoms with Crippen molar-refractivity contribution in [2.24, 2.45) is 0 Å². The third-order valence-corrected chi connectivity index (χ3v) is 7.55. The number of para-hydroxylation sites is 2. The number of ether oxygens (including phenoxy) is 1. The summed E-state index contributed by atoms with van der Waals surface area (Å²) in [5.41, 5.74) is 2.34. The Kier molecular flexibility index (Phi) is 7.02. The zero-order valence-electron chi connectivity index (χ0n) is 19.4. The molecular weight excluding hydrogens is 468 g/mol. The number of carbonyl (C=O) groups is 2. The Hall–Kier alpha value is -3.92. The van der Waals surface area contributed by atoms with Crippen molar-refractivity contribution in [2.75, 3.05) is 23.3 Å². The maximum absolute atomic E-state index is 13.9. The number of methoxy groups -OCH3 is 1. The van der Waals surface area contributed by atoms with Crippen molar-refractivity contribution in [3.05, 3.63) is 78.1 Å². The molecule has 0 saturated carbocycles. The highest BCUT2D eigenvalue weighted by atomic mass is 32.2. The molecule has 1 aliphatic heterocycles. The zero-order chi connectivity index (χ0) is 25.0. The maximum Gasteiger partial charge on any atom is 0.268 e. The van der Waals surface area contributed by atoms with E-state index in [-0.39, 0.29) is 22.8 Å². The normalized spacial score (nSPS) is 15.2. The molecule has 2 heterocycles. The average Bonchev–Trinajstić information content (AvgIpc) is 2.85. The lowest BCUT2D eigenvalue weighted by atomic mass is 10.1. The fourth-order valence-electron chi connectivity index (χ4n) is 3.97. The summed E-state index contributed by atoms with van der Waals surface area (Å²) >= 11 is 0. The third kappa shape index (κ3) is 5.12. The lowest BCUT2D eigenvalue weighted by molar-refractivity contribution is -0.125. The molecule has 1 aliphatic rings. The van der Waals surface area contributed by atoms with E-state index in [1.54, 1.807) is 55.7 Å². The lowest BCUT2D eigenvalue weighted by Gasteiger charge is -2.37. The number of fused-ring (bicyclic) bond motifs is 1. The second kappa shape index (κ2) is 10.1. The molecule has 0 unspecified atom stereocenters. The van der Waals surface area contributed by atoms with Gasteiger partial charge in [-0.1, -0.05) is 18.2 Å². The molecule has 1 atom stereocenters. The molecule has 3 aromatic rings. The molecular formula is C25H26N4O5S. The molecule has 2 amide bonds. The van der Waals surface area contributed by atoms with E-state index in [0.29, 0.717) is 24.2 Å². The predicted octanol–water partition coefficient (Wildman–Crippen LogP) is 2.66. The zero-order valence-corrected chi connectivity index (χ0v) is 20.2. The molecule has 0 bridgehead atoms. The van der Waals surface area contributed by atoms with E-state index in [2.05, 4.69) is 15.6 Å². The Morgan fingerprint density at radius 1 is 1.14 bits per heavy atom. The molecule has 0 aliphatic carbocycles. The number of amides is 2. The van der Waals surface area contributed by atoms with Crippen LogP contribution in [0.2, 0.25) is 0 Å². The van der Waals surface area contributed by atoms with Crippen LogP contribution in [-0.4, -0.2) is 44.9 Å². The smallest absolute Gasteiger partial charge is 0.268 e. The van der Waals surface area contributed by atoms with Gasteiger partial charge in [0, 0.05) is 18.9 Å². The van der Waals surface area contributed by atoms with Gasteiger partial charge in [0.2, 0.25) is 11.8 Å². The van der Waals surface area contributed by atoms with Gasteiger partial charge in [0.1, 0.15) is 16.7 Å². The van der Waals surface area contributed by atoms with Crippen LogP contribution in [0.4, 0.5) is 11.4 Å². The maximum atomic E-state index is 13.9. The van der Waals surface area contributed by atoms with E-state index >= 15 is 0 Å². The second-order valence-corrected chi connectivity index (χ2v) is 9.92. The van der Waals surface area contributed by atoms with E-state index in [9.17, 15) is 18.0 Å². The van der Waals surface area contributed by atoms with Crippen LogP contribution in [0.3, 0.4) is 0 Å². The van der Waals surface area contributed by atoms with Gasteiger partial charge in [0.15, 0.2) is 0 Å². The molecule has 0 fully saturated rings. The van der Waals surface area contributed by atoms with E-state index in [1.165, 1.54) is 13.2 Å². The highest BCUT2D eigenvalue weighted by Crippen LogP contribution is 2.39. The lowest BCUT2D eigenvalue weighted by Crippen LogP contribution is -2.52. The van der Waals surface area contributed by atoms with Crippen LogP contribution >= 0.6 is 0 Å². The third-order valence-electron chi connectivity index (χ3n) is 5.71. The van der Waals surface area contributed by atoms with Crippen LogP contribution in [0.5, 0.6) is 5.75 Å². The van der Waals surface area contributed by atoms with Gasteiger partial charge in [-0.2, -0.15) is 0 Å². The molecule has 0 spiro atoms. The number of aryl methyl sites for hydroxylation is 1. The molecule has 182 valence electrons. The number of carbonyl (C=O) groups excluding carboxylic acids is 2. The molecule has 0 radical (unpaired) electrons. The van der Waals surface area contributed by atoms with Crippen LogP contribution in [-0.2, 0) is 26.0 Å². The van der Waals surface area contributed by atoms with Crippen LogP contribution in [0.15, 0.2) is 71.9 Å². The fourth-order valence-corrected chi connectivity index (χ4v) is 5.85. The van der Waals surface area contributed by atoms with Gasteiger partial charge < -0.3 is 15.4 Å². The number of nitrogens with one attached hydrogen (secondary N) is 2. The van der Waals surface area contributed by atoms with Gasteiger partial charge in [0.05, 0.1) is 24.9 Å². The molecule has 2 aromatic carbocycles. The Bertz CT molecular complexity index is 1340. The van der Waals surface area contributed by atoms with Crippen molar-refractivity contribution >= 4 is 33.2 Å². The van der Waals surface area contributed by atoms with E-state index in [1.807, 2.05) is 12.1 Å². The molecule has 0 saturated heterocycles. The summed E-state index contributed by atoms with van der Waals surface area (Å²) in [7, 11) is -2.89. The van der Waals surface area contributed by atoms with Crippen molar-refractivity contribution in [3.63, 3.8) is 0 Å². The number of pyridine rings is 1. The summed E-state index contributed by atoms with van der Waals surface area (Å²) in [5, 5.41) is 5.51. The summed E-state index contributed by atoms with van der Waals surface area (Å²) < 4.78 is 34.2. The summed E-state index contributed by atoms with van der Waals surface area (Å²) in [4.78, 5) is 29.7. The summed E-state index contributed by atoms with van der Waals surface area (Å²) in [6.45, 7) is 2.11. The molecule has 4 rings (SSSR count). The Morgan fingerprint density at radius 3 is 2.63 bits per heavy atom. The minimum atomic E-state index is -4.27. The van der Waals surface area contributed by atoms with Crippen molar-refractivity contribution < 1.29 is 22.7 Å². The number of sulfonamides is 1. The van der Waals surface area contributed by atoms with E-state index < -0.39 is 27.9 Å². The molecule has 10 heteroatoms. The van der Waals surface area contributed by atoms with Gasteiger partial charge in [-0.15, -0.1) is 0 Å². The summed E-state index contributed by atoms with van der Waals surface area (Å²) in [5.74, 6) is -0.863. The highest BCUT2D eigenvalue weighted by Gasteiger charge is 2.43. The standard InChI is InChI=1S/C25H26N4O5S/c1-17-7-8-22(34-2)23(15-17)35(32,33)29-20-6-4-3-5-19(20)28-25(31)21(29)16-24(30)27-14-11-18-9-12-26-13-10-18/h3-10,12-13,15,21H,11,14,16H2,1-2H3,(H,27,30)(H,28,31)/t21-/m1/s1. The van der Waals surface area contributed by atoms with E-state index in [4.69, 9.17) is 4.74 Å².